The molecule has 1 unspecified atom stereocenters. The van der Waals surface area contributed by atoms with Gasteiger partial charge >= 0.3 is 0 Å². The van der Waals surface area contributed by atoms with Crippen LogP contribution in [0.15, 0.2) is 22.7 Å². The predicted octanol–water partition coefficient (Wildman–Crippen LogP) is 2.53. The molecule has 1 saturated heterocycles. The molecule has 0 spiro atoms. The molecular weight excluding hydrogens is 318 g/mol. The van der Waals surface area contributed by atoms with Crippen LogP contribution in [0.2, 0.25) is 0 Å². The largest absolute Gasteiger partial charge is 0.383 e. The summed E-state index contributed by atoms with van der Waals surface area (Å²) >= 11 is 3.42. The Labute approximate surface area is 128 Å². The minimum absolute atomic E-state index is 0.502. The van der Waals surface area contributed by atoms with E-state index in [0.717, 1.165) is 29.8 Å². The second-order valence-corrected chi connectivity index (χ2v) is 5.92. The summed E-state index contributed by atoms with van der Waals surface area (Å²) in [6, 6.07) is 8.65. The van der Waals surface area contributed by atoms with Gasteiger partial charge in [0.1, 0.15) is 6.07 Å². The Morgan fingerprint density at radius 2 is 2.40 bits per heavy atom. The molecule has 1 atom stereocenters. The van der Waals surface area contributed by atoms with E-state index in [4.69, 9.17) is 4.74 Å². The summed E-state index contributed by atoms with van der Waals surface area (Å²) < 4.78 is 6.14. The van der Waals surface area contributed by atoms with Crippen LogP contribution in [0.4, 0.5) is 5.69 Å². The molecule has 1 aromatic carbocycles. The topological polar surface area (TPSA) is 48.3 Å². The Bertz CT molecular complexity index is 480. The van der Waals surface area contributed by atoms with E-state index in [-0.39, 0.29) is 0 Å². The summed E-state index contributed by atoms with van der Waals surface area (Å²) in [5, 5.41) is 12.8. The van der Waals surface area contributed by atoms with Crippen LogP contribution in [-0.4, -0.2) is 39.4 Å². The lowest BCUT2D eigenvalue weighted by atomic mass is 10.1. The molecule has 1 aliphatic rings. The van der Waals surface area contributed by atoms with Gasteiger partial charge in [0.25, 0.3) is 0 Å². The first kappa shape index (κ1) is 15.3. The van der Waals surface area contributed by atoms with Gasteiger partial charge in [0, 0.05) is 30.7 Å². The molecule has 2 rings (SSSR count). The van der Waals surface area contributed by atoms with Gasteiger partial charge in [-0.1, -0.05) is 15.9 Å². The average molecular weight is 338 g/mol. The lowest BCUT2D eigenvalue weighted by Gasteiger charge is -2.28. The fraction of sp³-hybridized carbons (Fsp3) is 0.533. The number of hydrogen-bond donors (Lipinski definition) is 1. The SMILES string of the molecule is COCCN(CC1CCCN1)c1ccc(Br)cc1C#N. The van der Waals surface area contributed by atoms with Gasteiger partial charge in [0.15, 0.2) is 0 Å². The van der Waals surface area contributed by atoms with Crippen LogP contribution in [0, 0.1) is 11.3 Å². The third-order valence-electron chi connectivity index (χ3n) is 3.59. The summed E-state index contributed by atoms with van der Waals surface area (Å²) in [6.07, 6.45) is 2.43. The van der Waals surface area contributed by atoms with E-state index in [9.17, 15) is 5.26 Å². The smallest absolute Gasteiger partial charge is 0.101 e. The molecule has 5 heteroatoms. The van der Waals surface area contributed by atoms with Crippen molar-refractivity contribution in [1.29, 1.82) is 5.26 Å². The molecule has 20 heavy (non-hydrogen) atoms. The number of anilines is 1. The molecule has 108 valence electrons. The van der Waals surface area contributed by atoms with Crippen molar-refractivity contribution in [3.63, 3.8) is 0 Å². The van der Waals surface area contributed by atoms with E-state index >= 15 is 0 Å². The van der Waals surface area contributed by atoms with Crippen LogP contribution in [0.1, 0.15) is 18.4 Å². The minimum Gasteiger partial charge on any atom is -0.383 e. The predicted molar refractivity (Wildman–Crippen MR) is 84.0 cm³/mol. The van der Waals surface area contributed by atoms with E-state index in [1.807, 2.05) is 18.2 Å². The summed E-state index contributed by atoms with van der Waals surface area (Å²) in [5.74, 6) is 0. The number of ether oxygens (including phenoxy) is 1. The first-order chi connectivity index (χ1) is 9.74. The second-order valence-electron chi connectivity index (χ2n) is 5.01. The third-order valence-corrected chi connectivity index (χ3v) is 4.08. The molecule has 1 fully saturated rings. The highest BCUT2D eigenvalue weighted by Gasteiger charge is 2.19. The van der Waals surface area contributed by atoms with Gasteiger partial charge in [-0.15, -0.1) is 0 Å². The Morgan fingerprint density at radius 3 is 3.05 bits per heavy atom. The van der Waals surface area contributed by atoms with Crippen molar-refractivity contribution in [2.75, 3.05) is 38.3 Å². The molecule has 0 radical (unpaired) electrons. The van der Waals surface area contributed by atoms with Crippen molar-refractivity contribution >= 4 is 21.6 Å². The zero-order valence-corrected chi connectivity index (χ0v) is 13.3. The monoisotopic (exact) mass is 337 g/mol. The lowest BCUT2D eigenvalue weighted by Crippen LogP contribution is -2.39. The number of methoxy groups -OCH3 is 1. The van der Waals surface area contributed by atoms with Crippen LogP contribution in [0.25, 0.3) is 0 Å². The second kappa shape index (κ2) is 7.63. The van der Waals surface area contributed by atoms with Crippen LogP contribution in [0.3, 0.4) is 0 Å². The van der Waals surface area contributed by atoms with Crippen molar-refractivity contribution in [3.8, 4) is 6.07 Å². The highest BCUT2D eigenvalue weighted by Crippen LogP contribution is 2.25. The van der Waals surface area contributed by atoms with E-state index in [1.54, 1.807) is 7.11 Å². The molecule has 0 amide bonds. The van der Waals surface area contributed by atoms with Gasteiger partial charge in [-0.3, -0.25) is 0 Å². The first-order valence-corrected chi connectivity index (χ1v) is 7.71. The van der Waals surface area contributed by atoms with Crippen LogP contribution < -0.4 is 10.2 Å². The van der Waals surface area contributed by atoms with Crippen molar-refractivity contribution < 1.29 is 4.74 Å². The summed E-state index contributed by atoms with van der Waals surface area (Å²) in [4.78, 5) is 2.25. The Hall–Kier alpha value is -1.09. The number of halogens is 1. The molecule has 4 nitrogen and oxygen atoms in total. The number of rotatable bonds is 6. The molecule has 0 aromatic heterocycles. The van der Waals surface area contributed by atoms with Gasteiger partial charge in [-0.05, 0) is 37.6 Å². The molecule has 1 N–H and O–H groups in total. The normalized spacial score (nSPS) is 17.9. The maximum absolute atomic E-state index is 9.33. The van der Waals surface area contributed by atoms with Gasteiger partial charge in [0.05, 0.1) is 17.9 Å². The van der Waals surface area contributed by atoms with Crippen molar-refractivity contribution in [2.24, 2.45) is 0 Å². The van der Waals surface area contributed by atoms with Gasteiger partial charge < -0.3 is 15.0 Å². The molecule has 1 aromatic rings. The van der Waals surface area contributed by atoms with Gasteiger partial charge in [0.2, 0.25) is 0 Å². The van der Waals surface area contributed by atoms with Crippen molar-refractivity contribution in [1.82, 2.24) is 5.32 Å². The molecular formula is C15H20BrN3O. The summed E-state index contributed by atoms with van der Waals surface area (Å²) in [7, 11) is 1.71. The van der Waals surface area contributed by atoms with E-state index in [2.05, 4.69) is 32.2 Å². The van der Waals surface area contributed by atoms with Crippen molar-refractivity contribution in [3.05, 3.63) is 28.2 Å². The Kier molecular flexibility index (Phi) is 5.84. The Balaban J connectivity index is 2.18. The van der Waals surface area contributed by atoms with Crippen molar-refractivity contribution in [2.45, 2.75) is 18.9 Å². The van der Waals surface area contributed by atoms with E-state index in [0.29, 0.717) is 18.2 Å². The minimum atomic E-state index is 0.502. The average Bonchev–Trinajstić information content (AvgIpc) is 2.96. The number of nitriles is 1. The Morgan fingerprint density at radius 1 is 1.55 bits per heavy atom. The number of nitrogens with zero attached hydrogens (tertiary/aromatic N) is 2. The molecule has 1 aliphatic heterocycles. The zero-order chi connectivity index (χ0) is 14.4. The molecule has 0 saturated carbocycles. The standard InChI is InChI=1S/C15H20BrN3O/c1-20-8-7-19(11-14-3-2-6-18-14)15-5-4-13(16)9-12(15)10-17/h4-5,9,14,18H,2-3,6-8,11H2,1H3. The maximum atomic E-state index is 9.33. The summed E-state index contributed by atoms with van der Waals surface area (Å²) in [5.41, 5.74) is 1.69. The van der Waals surface area contributed by atoms with Crippen LogP contribution >= 0.6 is 15.9 Å². The maximum Gasteiger partial charge on any atom is 0.101 e. The lowest BCUT2D eigenvalue weighted by molar-refractivity contribution is 0.204. The number of benzene rings is 1. The molecule has 1 heterocycles. The molecule has 0 bridgehead atoms. The highest BCUT2D eigenvalue weighted by molar-refractivity contribution is 9.10. The number of nitrogens with one attached hydrogen (secondary N) is 1. The third kappa shape index (κ3) is 3.95. The fourth-order valence-corrected chi connectivity index (χ4v) is 2.92. The zero-order valence-electron chi connectivity index (χ0n) is 11.7. The first-order valence-electron chi connectivity index (χ1n) is 6.91. The fourth-order valence-electron chi connectivity index (χ4n) is 2.56. The number of hydrogen-bond acceptors (Lipinski definition) is 4. The van der Waals surface area contributed by atoms with Gasteiger partial charge in [-0.2, -0.15) is 5.26 Å². The summed E-state index contributed by atoms with van der Waals surface area (Å²) in [6.45, 7) is 3.46. The van der Waals surface area contributed by atoms with E-state index in [1.165, 1.54) is 12.8 Å². The van der Waals surface area contributed by atoms with Gasteiger partial charge in [-0.25, -0.2) is 0 Å². The highest BCUT2D eigenvalue weighted by atomic mass is 79.9. The molecule has 0 aliphatic carbocycles. The van der Waals surface area contributed by atoms with Crippen LogP contribution in [0.5, 0.6) is 0 Å². The quantitative estimate of drug-likeness (QED) is 0.866. The van der Waals surface area contributed by atoms with E-state index < -0.39 is 0 Å². The van der Waals surface area contributed by atoms with Crippen LogP contribution in [-0.2, 0) is 4.74 Å².